The molecule has 0 aliphatic carbocycles. The predicted octanol–water partition coefficient (Wildman–Crippen LogP) is 5.03. The van der Waals surface area contributed by atoms with Crippen LogP contribution in [0.4, 0.5) is 5.69 Å². The van der Waals surface area contributed by atoms with E-state index >= 15 is 0 Å². The topological polar surface area (TPSA) is 21.3 Å². The van der Waals surface area contributed by atoms with Gasteiger partial charge in [0.1, 0.15) is 5.75 Å². The van der Waals surface area contributed by atoms with Crippen molar-refractivity contribution in [3.63, 3.8) is 0 Å². The molecule has 0 fully saturated rings. The lowest BCUT2D eigenvalue weighted by atomic mass is 9.85. The van der Waals surface area contributed by atoms with Gasteiger partial charge in [0.15, 0.2) is 0 Å². The monoisotopic (exact) mass is 261 g/mol. The van der Waals surface area contributed by atoms with Crippen LogP contribution in [-0.2, 0) is 5.41 Å². The number of methoxy groups -OCH3 is 1. The Balaban J connectivity index is 3.27. The van der Waals surface area contributed by atoms with Crippen LogP contribution in [0.5, 0.6) is 5.75 Å². The molecule has 0 saturated heterocycles. The molecule has 0 heterocycles. The molecule has 0 aliphatic heterocycles. The number of benzene rings is 1. The maximum absolute atomic E-state index is 5.53. The Kier molecular flexibility index (Phi) is 5.04. The smallest absolute Gasteiger partial charge is 0.145 e. The van der Waals surface area contributed by atoms with Crippen LogP contribution in [0.2, 0.25) is 0 Å². The molecule has 0 aromatic heterocycles. The van der Waals surface area contributed by atoms with Crippen molar-refractivity contribution >= 4 is 5.69 Å². The summed E-state index contributed by atoms with van der Waals surface area (Å²) in [6.45, 7) is 13.0. The molecule has 0 aliphatic rings. The highest BCUT2D eigenvalue weighted by atomic mass is 16.5. The van der Waals surface area contributed by atoms with E-state index in [1.807, 2.05) is 0 Å². The van der Waals surface area contributed by atoms with E-state index < -0.39 is 0 Å². The predicted molar refractivity (Wildman–Crippen MR) is 84.1 cm³/mol. The van der Waals surface area contributed by atoms with Gasteiger partial charge in [0.05, 0.1) is 12.8 Å². The molecule has 1 aromatic rings. The van der Waals surface area contributed by atoms with Gasteiger partial charge in [-0.3, -0.25) is 0 Å². The molecular formula is C17H27NO. The Morgan fingerprint density at radius 3 is 2.42 bits per heavy atom. The van der Waals surface area contributed by atoms with E-state index in [0.717, 1.165) is 23.6 Å². The molecule has 0 amide bonds. The summed E-state index contributed by atoms with van der Waals surface area (Å²) < 4.78 is 5.53. The number of hydrogen-bond donors (Lipinski definition) is 1. The number of rotatable bonds is 4. The molecule has 0 unspecified atom stereocenters. The van der Waals surface area contributed by atoms with Crippen molar-refractivity contribution in [2.75, 3.05) is 12.4 Å². The lowest BCUT2D eigenvalue weighted by molar-refractivity contribution is 0.413. The van der Waals surface area contributed by atoms with E-state index in [-0.39, 0.29) is 5.41 Å². The third-order valence-corrected chi connectivity index (χ3v) is 3.19. The summed E-state index contributed by atoms with van der Waals surface area (Å²) in [5, 5.41) is 3.45. The molecule has 0 bridgehead atoms. The molecule has 106 valence electrons. The highest BCUT2D eigenvalue weighted by Gasteiger charge is 2.18. The largest absolute Gasteiger partial charge is 0.494 e. The van der Waals surface area contributed by atoms with E-state index in [0.29, 0.717) is 0 Å². The van der Waals surface area contributed by atoms with Crippen LogP contribution in [0.15, 0.2) is 23.9 Å². The third-order valence-electron chi connectivity index (χ3n) is 3.19. The van der Waals surface area contributed by atoms with Crippen LogP contribution in [0, 0.1) is 6.92 Å². The Bertz CT molecular complexity index is 467. The first-order valence-corrected chi connectivity index (χ1v) is 6.92. The van der Waals surface area contributed by atoms with Crippen molar-refractivity contribution in [2.45, 2.75) is 53.4 Å². The summed E-state index contributed by atoms with van der Waals surface area (Å²) >= 11 is 0. The van der Waals surface area contributed by atoms with E-state index in [1.54, 1.807) is 7.11 Å². The first-order chi connectivity index (χ1) is 8.79. The molecule has 1 rings (SSSR count). The molecule has 19 heavy (non-hydrogen) atoms. The number of anilines is 1. The van der Waals surface area contributed by atoms with Crippen LogP contribution in [0.25, 0.3) is 0 Å². The molecule has 0 radical (unpaired) electrons. The maximum atomic E-state index is 5.53. The van der Waals surface area contributed by atoms with Crippen LogP contribution in [0.3, 0.4) is 0 Å². The quantitative estimate of drug-likeness (QED) is 0.821. The van der Waals surface area contributed by atoms with Crippen molar-refractivity contribution < 1.29 is 4.74 Å². The van der Waals surface area contributed by atoms with E-state index in [2.05, 4.69) is 65.1 Å². The average molecular weight is 261 g/mol. The van der Waals surface area contributed by atoms with Gasteiger partial charge in [-0.05, 0) is 42.9 Å². The standard InChI is InChI=1S/C17H27NO/c1-8-9-13(3)18-15-11-14(17(4,5)6)10-12(2)16(15)19-7/h9-11,18H,8H2,1-7H3. The van der Waals surface area contributed by atoms with Gasteiger partial charge in [-0.2, -0.15) is 0 Å². The van der Waals surface area contributed by atoms with E-state index in [9.17, 15) is 0 Å². The SMILES string of the molecule is CCC=C(C)Nc1cc(C(C)(C)C)cc(C)c1OC. The van der Waals surface area contributed by atoms with Crippen molar-refractivity contribution in [3.8, 4) is 5.75 Å². The summed E-state index contributed by atoms with van der Waals surface area (Å²) in [6.07, 6.45) is 3.21. The Morgan fingerprint density at radius 2 is 1.95 bits per heavy atom. The van der Waals surface area contributed by atoms with Crippen molar-refractivity contribution in [2.24, 2.45) is 0 Å². The van der Waals surface area contributed by atoms with Crippen molar-refractivity contribution in [3.05, 3.63) is 35.0 Å². The fraction of sp³-hybridized carbons (Fsp3) is 0.529. The first-order valence-electron chi connectivity index (χ1n) is 6.92. The number of nitrogens with one attached hydrogen (secondary N) is 1. The van der Waals surface area contributed by atoms with Gasteiger partial charge in [-0.25, -0.2) is 0 Å². The number of hydrogen-bond acceptors (Lipinski definition) is 2. The van der Waals surface area contributed by atoms with E-state index in [4.69, 9.17) is 4.74 Å². The molecule has 1 N–H and O–H groups in total. The Hall–Kier alpha value is -1.44. The van der Waals surface area contributed by atoms with Gasteiger partial charge in [0.2, 0.25) is 0 Å². The van der Waals surface area contributed by atoms with Gasteiger partial charge in [-0.1, -0.05) is 39.8 Å². The highest BCUT2D eigenvalue weighted by molar-refractivity contribution is 5.64. The van der Waals surface area contributed by atoms with Crippen LogP contribution >= 0.6 is 0 Å². The van der Waals surface area contributed by atoms with Crippen LogP contribution < -0.4 is 10.1 Å². The molecule has 1 aromatic carbocycles. The second-order valence-electron chi connectivity index (χ2n) is 6.04. The summed E-state index contributed by atoms with van der Waals surface area (Å²) in [6, 6.07) is 4.40. The van der Waals surface area contributed by atoms with Gasteiger partial charge in [0.25, 0.3) is 0 Å². The van der Waals surface area contributed by atoms with Gasteiger partial charge in [-0.15, -0.1) is 0 Å². The molecule has 0 atom stereocenters. The van der Waals surface area contributed by atoms with Crippen molar-refractivity contribution in [1.29, 1.82) is 0 Å². The molecule has 2 nitrogen and oxygen atoms in total. The molecule has 2 heteroatoms. The lowest BCUT2D eigenvalue weighted by Gasteiger charge is -2.23. The zero-order chi connectivity index (χ0) is 14.6. The first kappa shape index (κ1) is 15.6. The minimum absolute atomic E-state index is 0.135. The summed E-state index contributed by atoms with van der Waals surface area (Å²) in [7, 11) is 1.73. The minimum Gasteiger partial charge on any atom is -0.494 e. The number of ether oxygens (including phenoxy) is 1. The lowest BCUT2D eigenvalue weighted by Crippen LogP contribution is -2.12. The zero-order valence-corrected chi connectivity index (χ0v) is 13.3. The number of aryl methyl sites for hydroxylation is 1. The fourth-order valence-corrected chi connectivity index (χ4v) is 2.14. The second-order valence-corrected chi connectivity index (χ2v) is 6.04. The maximum Gasteiger partial charge on any atom is 0.145 e. The highest BCUT2D eigenvalue weighted by Crippen LogP contribution is 2.35. The van der Waals surface area contributed by atoms with Crippen molar-refractivity contribution in [1.82, 2.24) is 0 Å². The third kappa shape index (κ3) is 4.02. The normalized spacial score (nSPS) is 12.5. The van der Waals surface area contributed by atoms with Crippen LogP contribution in [0.1, 0.15) is 52.2 Å². The fourth-order valence-electron chi connectivity index (χ4n) is 2.14. The Morgan fingerprint density at radius 1 is 1.32 bits per heavy atom. The molecular weight excluding hydrogens is 234 g/mol. The van der Waals surface area contributed by atoms with Gasteiger partial charge < -0.3 is 10.1 Å². The average Bonchev–Trinajstić information content (AvgIpc) is 2.27. The van der Waals surface area contributed by atoms with Crippen LogP contribution in [-0.4, -0.2) is 7.11 Å². The summed E-state index contributed by atoms with van der Waals surface area (Å²) in [4.78, 5) is 0. The molecule has 0 saturated carbocycles. The van der Waals surface area contributed by atoms with E-state index in [1.165, 1.54) is 11.1 Å². The number of allylic oxidation sites excluding steroid dienone is 2. The second kappa shape index (κ2) is 6.14. The van der Waals surface area contributed by atoms with Gasteiger partial charge in [0, 0.05) is 5.70 Å². The molecule has 0 spiro atoms. The zero-order valence-electron chi connectivity index (χ0n) is 13.3. The minimum atomic E-state index is 0.135. The summed E-state index contributed by atoms with van der Waals surface area (Å²) in [5.41, 5.74) is 4.83. The van der Waals surface area contributed by atoms with Gasteiger partial charge >= 0.3 is 0 Å². The Labute approximate surface area is 117 Å². The summed E-state index contributed by atoms with van der Waals surface area (Å²) in [5.74, 6) is 0.928.